The van der Waals surface area contributed by atoms with E-state index in [1.54, 1.807) is 0 Å². The molecule has 112 valence electrons. The van der Waals surface area contributed by atoms with E-state index in [1.807, 2.05) is 18.2 Å². The summed E-state index contributed by atoms with van der Waals surface area (Å²) in [5.41, 5.74) is 4.41. The fraction of sp³-hybridized carbons (Fsp3) is 0.316. The summed E-state index contributed by atoms with van der Waals surface area (Å²) in [6.07, 6.45) is 5.44. The number of ether oxygens (including phenoxy) is 1. The molecule has 2 aromatic carbocycles. The van der Waals surface area contributed by atoms with Gasteiger partial charge in [-0.05, 0) is 30.5 Å². The lowest BCUT2D eigenvalue weighted by molar-refractivity contribution is 0.0459. The number of imidazole rings is 1. The zero-order chi connectivity index (χ0) is 14.8. The Morgan fingerprint density at radius 3 is 2.64 bits per heavy atom. The third-order valence-electron chi connectivity index (χ3n) is 4.44. The van der Waals surface area contributed by atoms with Gasteiger partial charge in [0.2, 0.25) is 0 Å². The lowest BCUT2D eigenvalue weighted by Gasteiger charge is -2.13. The number of H-pyrrole nitrogens is 1. The van der Waals surface area contributed by atoms with Gasteiger partial charge in [-0.2, -0.15) is 0 Å². The first-order chi connectivity index (χ1) is 10.9. The standard InChI is InChI=1S/C19H20N2O/c1-4-10-16(14(7-1)13-22-15-8-2-3-9-15)19-20-17-11-5-6-12-18(17)21-19/h1,4-7,10-12,15H,2-3,8-9,13H2,(H,20,21). The fourth-order valence-corrected chi connectivity index (χ4v) is 3.22. The summed E-state index contributed by atoms with van der Waals surface area (Å²) in [4.78, 5) is 8.13. The Morgan fingerprint density at radius 1 is 1.00 bits per heavy atom. The maximum atomic E-state index is 6.08. The summed E-state index contributed by atoms with van der Waals surface area (Å²) in [6.45, 7) is 0.665. The molecule has 4 rings (SSSR count). The number of aromatic amines is 1. The largest absolute Gasteiger partial charge is 0.374 e. The minimum absolute atomic E-state index is 0.434. The van der Waals surface area contributed by atoms with Gasteiger partial charge in [0, 0.05) is 5.56 Å². The van der Waals surface area contributed by atoms with Gasteiger partial charge in [-0.1, -0.05) is 49.2 Å². The Labute approximate surface area is 130 Å². The van der Waals surface area contributed by atoms with Crippen LogP contribution < -0.4 is 0 Å². The van der Waals surface area contributed by atoms with Gasteiger partial charge in [0.15, 0.2) is 0 Å². The van der Waals surface area contributed by atoms with E-state index in [1.165, 1.54) is 31.2 Å². The first-order valence-corrected chi connectivity index (χ1v) is 8.05. The van der Waals surface area contributed by atoms with Gasteiger partial charge < -0.3 is 9.72 Å². The van der Waals surface area contributed by atoms with Gasteiger partial charge in [-0.25, -0.2) is 4.98 Å². The number of rotatable bonds is 4. The molecule has 3 heteroatoms. The third kappa shape index (κ3) is 2.64. The molecule has 1 aromatic heterocycles. The SMILES string of the molecule is c1ccc(-c2nc3ccccc3[nH]2)c(COC2CCCC2)c1. The molecule has 1 heterocycles. The number of benzene rings is 2. The average Bonchev–Trinajstić information content (AvgIpc) is 3.22. The van der Waals surface area contributed by atoms with E-state index in [9.17, 15) is 0 Å². The van der Waals surface area contributed by atoms with Crippen LogP contribution in [-0.2, 0) is 11.3 Å². The van der Waals surface area contributed by atoms with E-state index in [0.717, 1.165) is 22.4 Å². The van der Waals surface area contributed by atoms with Gasteiger partial charge >= 0.3 is 0 Å². The smallest absolute Gasteiger partial charge is 0.138 e. The van der Waals surface area contributed by atoms with Crippen molar-refractivity contribution >= 4 is 11.0 Å². The van der Waals surface area contributed by atoms with Crippen LogP contribution in [0.15, 0.2) is 48.5 Å². The molecule has 1 saturated carbocycles. The van der Waals surface area contributed by atoms with Crippen molar-refractivity contribution in [2.75, 3.05) is 0 Å². The Hall–Kier alpha value is -2.13. The second kappa shape index (κ2) is 5.93. The second-order valence-electron chi connectivity index (χ2n) is 5.98. The van der Waals surface area contributed by atoms with Crippen LogP contribution in [0.2, 0.25) is 0 Å². The summed E-state index contributed by atoms with van der Waals surface area (Å²) < 4.78 is 6.08. The molecule has 0 radical (unpaired) electrons. The number of fused-ring (bicyclic) bond motifs is 1. The van der Waals surface area contributed by atoms with Gasteiger partial charge in [-0.3, -0.25) is 0 Å². The molecular weight excluding hydrogens is 272 g/mol. The van der Waals surface area contributed by atoms with Gasteiger partial charge in [0.1, 0.15) is 5.82 Å². The molecule has 22 heavy (non-hydrogen) atoms. The topological polar surface area (TPSA) is 37.9 Å². The molecule has 0 spiro atoms. The van der Waals surface area contributed by atoms with E-state index >= 15 is 0 Å². The Kier molecular flexibility index (Phi) is 3.65. The summed E-state index contributed by atoms with van der Waals surface area (Å²) in [6, 6.07) is 16.5. The predicted octanol–water partition coefficient (Wildman–Crippen LogP) is 4.69. The van der Waals surface area contributed by atoms with E-state index in [4.69, 9.17) is 9.72 Å². The molecule has 1 aliphatic rings. The van der Waals surface area contributed by atoms with Crippen LogP contribution in [0.5, 0.6) is 0 Å². The summed E-state index contributed by atoms with van der Waals surface area (Å²) in [5, 5.41) is 0. The second-order valence-corrected chi connectivity index (χ2v) is 5.98. The van der Waals surface area contributed by atoms with Crippen LogP contribution in [0, 0.1) is 0 Å². The van der Waals surface area contributed by atoms with Crippen LogP contribution in [0.3, 0.4) is 0 Å². The number of hydrogen-bond donors (Lipinski definition) is 1. The van der Waals surface area contributed by atoms with Crippen molar-refractivity contribution in [1.29, 1.82) is 0 Å². The molecule has 0 amide bonds. The van der Waals surface area contributed by atoms with E-state index in [-0.39, 0.29) is 0 Å². The molecule has 0 bridgehead atoms. The monoisotopic (exact) mass is 292 g/mol. The molecule has 3 nitrogen and oxygen atoms in total. The zero-order valence-corrected chi connectivity index (χ0v) is 12.6. The molecule has 0 unspecified atom stereocenters. The van der Waals surface area contributed by atoms with Crippen molar-refractivity contribution in [3.05, 3.63) is 54.1 Å². The van der Waals surface area contributed by atoms with Crippen LogP contribution >= 0.6 is 0 Å². The first kappa shape index (κ1) is 13.5. The molecule has 1 fully saturated rings. The number of para-hydroxylation sites is 2. The molecule has 3 aromatic rings. The Balaban J connectivity index is 1.63. The normalized spacial score (nSPS) is 15.6. The van der Waals surface area contributed by atoms with Crippen molar-refractivity contribution in [3.63, 3.8) is 0 Å². The minimum Gasteiger partial charge on any atom is -0.374 e. The van der Waals surface area contributed by atoms with Crippen molar-refractivity contribution in [2.24, 2.45) is 0 Å². The van der Waals surface area contributed by atoms with Gasteiger partial charge in [0.05, 0.1) is 23.7 Å². The summed E-state index contributed by atoms with van der Waals surface area (Å²) >= 11 is 0. The van der Waals surface area contributed by atoms with Crippen molar-refractivity contribution in [2.45, 2.75) is 38.4 Å². The average molecular weight is 292 g/mol. The van der Waals surface area contributed by atoms with Gasteiger partial charge in [0.25, 0.3) is 0 Å². The predicted molar refractivity (Wildman–Crippen MR) is 88.6 cm³/mol. The fourth-order valence-electron chi connectivity index (χ4n) is 3.22. The molecule has 0 atom stereocenters. The number of nitrogens with one attached hydrogen (secondary N) is 1. The maximum Gasteiger partial charge on any atom is 0.138 e. The molecule has 0 aliphatic heterocycles. The van der Waals surface area contributed by atoms with E-state index < -0.39 is 0 Å². The van der Waals surface area contributed by atoms with Crippen LogP contribution in [0.4, 0.5) is 0 Å². The van der Waals surface area contributed by atoms with E-state index in [0.29, 0.717) is 12.7 Å². The highest BCUT2D eigenvalue weighted by Crippen LogP contribution is 2.27. The Morgan fingerprint density at radius 2 is 1.77 bits per heavy atom. The quantitative estimate of drug-likeness (QED) is 0.757. The highest BCUT2D eigenvalue weighted by molar-refractivity contribution is 5.79. The number of aromatic nitrogens is 2. The number of nitrogens with zero attached hydrogens (tertiary/aromatic N) is 1. The van der Waals surface area contributed by atoms with Crippen LogP contribution in [0.25, 0.3) is 22.4 Å². The molecular formula is C19H20N2O. The number of hydrogen-bond acceptors (Lipinski definition) is 2. The minimum atomic E-state index is 0.434. The maximum absolute atomic E-state index is 6.08. The van der Waals surface area contributed by atoms with Crippen LogP contribution in [0.1, 0.15) is 31.2 Å². The van der Waals surface area contributed by atoms with E-state index in [2.05, 4.69) is 35.3 Å². The lowest BCUT2D eigenvalue weighted by atomic mass is 10.1. The molecule has 1 N–H and O–H groups in total. The highest BCUT2D eigenvalue weighted by atomic mass is 16.5. The van der Waals surface area contributed by atoms with Gasteiger partial charge in [-0.15, -0.1) is 0 Å². The van der Waals surface area contributed by atoms with Crippen molar-refractivity contribution < 1.29 is 4.74 Å². The third-order valence-corrected chi connectivity index (χ3v) is 4.44. The van der Waals surface area contributed by atoms with Crippen molar-refractivity contribution in [1.82, 2.24) is 9.97 Å². The highest BCUT2D eigenvalue weighted by Gasteiger charge is 2.16. The molecule has 0 saturated heterocycles. The first-order valence-electron chi connectivity index (χ1n) is 8.05. The van der Waals surface area contributed by atoms with Crippen LogP contribution in [-0.4, -0.2) is 16.1 Å². The summed E-state index contributed by atoms with van der Waals surface area (Å²) in [7, 11) is 0. The zero-order valence-electron chi connectivity index (χ0n) is 12.6. The van der Waals surface area contributed by atoms with Crippen molar-refractivity contribution in [3.8, 4) is 11.4 Å². The Bertz CT molecular complexity index is 739. The molecule has 1 aliphatic carbocycles. The summed E-state index contributed by atoms with van der Waals surface area (Å²) in [5.74, 6) is 0.923. The lowest BCUT2D eigenvalue weighted by Crippen LogP contribution is -2.07.